The Morgan fingerprint density at radius 3 is 2.79 bits per heavy atom. The molecule has 33 heavy (non-hydrogen) atoms. The van der Waals surface area contributed by atoms with Crippen LogP contribution in [0.5, 0.6) is 0 Å². The largest absolute Gasteiger partial charge is 0.379 e. The predicted octanol–water partition coefficient (Wildman–Crippen LogP) is 3.17. The first kappa shape index (κ1) is 23.9. The normalized spacial score (nSPS) is 23.0. The highest BCUT2D eigenvalue weighted by atomic mass is 19.1. The molecule has 1 unspecified atom stereocenters. The zero-order valence-corrected chi connectivity index (χ0v) is 19.6. The summed E-state index contributed by atoms with van der Waals surface area (Å²) in [5, 5.41) is 7.23. The molecule has 1 aromatic carbocycles. The summed E-state index contributed by atoms with van der Waals surface area (Å²) in [5.41, 5.74) is 6.78. The van der Waals surface area contributed by atoms with E-state index >= 15 is 0 Å². The van der Waals surface area contributed by atoms with Crippen LogP contribution in [0, 0.1) is 11.7 Å². The first-order chi connectivity index (χ1) is 15.9. The number of nitrogens with one attached hydrogen (secondary N) is 2. The summed E-state index contributed by atoms with van der Waals surface area (Å²) >= 11 is 0. The zero-order chi connectivity index (χ0) is 23.4. The molecule has 2 heterocycles. The summed E-state index contributed by atoms with van der Waals surface area (Å²) in [7, 11) is 1.74. The number of hydrogen-bond acceptors (Lipinski definition) is 6. The van der Waals surface area contributed by atoms with Crippen LogP contribution in [0.15, 0.2) is 24.3 Å². The van der Waals surface area contributed by atoms with Crippen molar-refractivity contribution in [3.8, 4) is 0 Å². The first-order valence-corrected chi connectivity index (χ1v) is 12.1. The van der Waals surface area contributed by atoms with E-state index in [4.69, 9.17) is 15.5 Å². The minimum atomic E-state index is -0.488. The third-order valence-corrected chi connectivity index (χ3v) is 6.94. The molecule has 0 radical (unpaired) electrons. The molecule has 0 bridgehead atoms. The predicted molar refractivity (Wildman–Crippen MR) is 129 cm³/mol. The van der Waals surface area contributed by atoms with E-state index in [0.717, 1.165) is 19.5 Å². The van der Waals surface area contributed by atoms with Crippen LogP contribution in [-0.2, 0) is 4.74 Å². The Bertz CT molecular complexity index is 963. The van der Waals surface area contributed by atoms with Crippen molar-refractivity contribution in [2.24, 2.45) is 11.7 Å². The van der Waals surface area contributed by atoms with Gasteiger partial charge in [0.05, 0.1) is 23.3 Å². The second-order valence-electron chi connectivity index (χ2n) is 9.47. The van der Waals surface area contributed by atoms with E-state index in [0.29, 0.717) is 40.8 Å². The van der Waals surface area contributed by atoms with Crippen molar-refractivity contribution in [2.45, 2.75) is 63.8 Å². The third-order valence-electron chi connectivity index (χ3n) is 6.94. The number of carbonyl (C=O) groups excluding carboxylic acids is 1. The molecule has 180 valence electrons. The number of nitrogens with two attached hydrogens (primary N) is 1. The number of carbonyl (C=O) groups is 1. The molecule has 1 aliphatic carbocycles. The summed E-state index contributed by atoms with van der Waals surface area (Å²) in [6.07, 6.45) is 6.93. The van der Waals surface area contributed by atoms with Crippen LogP contribution in [0.25, 0.3) is 10.9 Å². The molecule has 1 aliphatic heterocycles. The van der Waals surface area contributed by atoms with Gasteiger partial charge in [0, 0.05) is 50.2 Å². The summed E-state index contributed by atoms with van der Waals surface area (Å²) in [4.78, 5) is 19.8. The lowest BCUT2D eigenvalue weighted by atomic mass is 9.91. The van der Waals surface area contributed by atoms with Crippen LogP contribution in [0.2, 0.25) is 0 Å². The van der Waals surface area contributed by atoms with E-state index in [-0.39, 0.29) is 17.8 Å². The SMILES string of the molecule is CO[C@H]1CN(c2nc3cc(F)ccc3cc2C(=O)NC(C)N)CC[C@H]1CNC1CCCCC1. The second kappa shape index (κ2) is 10.8. The molecule has 8 heteroatoms. The fraction of sp³-hybridized carbons (Fsp3) is 0.600. The fourth-order valence-electron chi connectivity index (χ4n) is 5.11. The van der Waals surface area contributed by atoms with Gasteiger partial charge in [-0.1, -0.05) is 19.3 Å². The minimum Gasteiger partial charge on any atom is -0.379 e. The van der Waals surface area contributed by atoms with Gasteiger partial charge in [-0.05, 0) is 44.4 Å². The number of benzene rings is 1. The van der Waals surface area contributed by atoms with E-state index in [1.165, 1.54) is 44.2 Å². The average molecular weight is 458 g/mol. The molecule has 2 aliphatic rings. The molecule has 2 fully saturated rings. The number of anilines is 1. The van der Waals surface area contributed by atoms with E-state index in [9.17, 15) is 9.18 Å². The molecule has 4 N–H and O–H groups in total. The van der Waals surface area contributed by atoms with Gasteiger partial charge in [-0.3, -0.25) is 4.79 Å². The molecule has 1 aromatic heterocycles. The maximum atomic E-state index is 13.9. The minimum absolute atomic E-state index is 0.0178. The number of hydrogen-bond donors (Lipinski definition) is 3. The van der Waals surface area contributed by atoms with Crippen LogP contribution in [0.3, 0.4) is 0 Å². The summed E-state index contributed by atoms with van der Waals surface area (Å²) in [6.45, 7) is 4.03. The van der Waals surface area contributed by atoms with Gasteiger partial charge in [-0.2, -0.15) is 0 Å². The molecule has 1 saturated heterocycles. The topological polar surface area (TPSA) is 92.5 Å². The standard InChI is InChI=1S/C25H36FN5O2/c1-16(27)29-25(32)21-12-17-8-9-19(26)13-22(17)30-24(21)31-11-10-18(23(15-31)33-2)14-28-20-6-4-3-5-7-20/h8-9,12-13,16,18,20,23,28H,3-7,10-11,14-15,27H2,1-2H3,(H,29,32)/t16?,18-,23-/m0/s1. The number of nitrogens with zero attached hydrogens (tertiary/aromatic N) is 2. The van der Waals surface area contributed by atoms with Crippen LogP contribution in [-0.4, -0.2) is 55.9 Å². The lowest BCUT2D eigenvalue weighted by Gasteiger charge is -2.40. The van der Waals surface area contributed by atoms with Gasteiger partial charge < -0.3 is 26.0 Å². The molecule has 7 nitrogen and oxygen atoms in total. The summed E-state index contributed by atoms with van der Waals surface area (Å²) in [6, 6.07) is 6.81. The third kappa shape index (κ3) is 5.80. The van der Waals surface area contributed by atoms with Gasteiger partial charge in [-0.15, -0.1) is 0 Å². The van der Waals surface area contributed by atoms with Gasteiger partial charge in [0.2, 0.25) is 0 Å². The van der Waals surface area contributed by atoms with E-state index < -0.39 is 6.17 Å². The van der Waals surface area contributed by atoms with Crippen LogP contribution >= 0.6 is 0 Å². The van der Waals surface area contributed by atoms with E-state index in [1.807, 2.05) is 0 Å². The number of fused-ring (bicyclic) bond motifs is 1. The molecular formula is C25H36FN5O2. The number of methoxy groups -OCH3 is 1. The van der Waals surface area contributed by atoms with Crippen molar-refractivity contribution >= 4 is 22.6 Å². The van der Waals surface area contributed by atoms with Gasteiger partial charge in [0.15, 0.2) is 0 Å². The molecule has 3 atom stereocenters. The van der Waals surface area contributed by atoms with Gasteiger partial charge in [0.25, 0.3) is 5.91 Å². The molecule has 2 aromatic rings. The van der Waals surface area contributed by atoms with Crippen molar-refractivity contribution in [3.63, 3.8) is 0 Å². The van der Waals surface area contributed by atoms with Crippen LogP contribution in [0.4, 0.5) is 10.2 Å². The van der Waals surface area contributed by atoms with Crippen LogP contribution in [0.1, 0.15) is 55.8 Å². The maximum absolute atomic E-state index is 13.9. The molecule has 1 amide bonds. The summed E-state index contributed by atoms with van der Waals surface area (Å²) in [5.74, 6) is 0.309. The highest BCUT2D eigenvalue weighted by molar-refractivity contribution is 6.02. The Balaban J connectivity index is 1.55. The Labute approximate surface area is 195 Å². The number of piperidine rings is 1. The Hall–Kier alpha value is -2.29. The van der Waals surface area contributed by atoms with Crippen molar-refractivity contribution in [3.05, 3.63) is 35.6 Å². The Kier molecular flexibility index (Phi) is 7.78. The number of aromatic nitrogens is 1. The smallest absolute Gasteiger partial charge is 0.256 e. The van der Waals surface area contributed by atoms with E-state index in [2.05, 4.69) is 15.5 Å². The quantitative estimate of drug-likeness (QED) is 0.553. The lowest BCUT2D eigenvalue weighted by molar-refractivity contribution is 0.0406. The van der Waals surface area contributed by atoms with Crippen LogP contribution < -0.4 is 21.3 Å². The second-order valence-corrected chi connectivity index (χ2v) is 9.47. The van der Waals surface area contributed by atoms with Crippen molar-refractivity contribution < 1.29 is 13.9 Å². The Morgan fingerprint density at radius 2 is 2.06 bits per heavy atom. The monoisotopic (exact) mass is 457 g/mol. The number of pyridine rings is 1. The highest BCUT2D eigenvalue weighted by Gasteiger charge is 2.32. The van der Waals surface area contributed by atoms with Gasteiger partial charge in [0.1, 0.15) is 11.6 Å². The van der Waals surface area contributed by atoms with Crippen molar-refractivity contribution in [1.82, 2.24) is 15.6 Å². The first-order valence-electron chi connectivity index (χ1n) is 12.1. The molecule has 0 spiro atoms. The molecule has 1 saturated carbocycles. The van der Waals surface area contributed by atoms with Crippen molar-refractivity contribution in [1.29, 1.82) is 0 Å². The number of halogens is 1. The van der Waals surface area contributed by atoms with Gasteiger partial charge in [-0.25, -0.2) is 9.37 Å². The average Bonchev–Trinajstić information content (AvgIpc) is 2.82. The highest BCUT2D eigenvalue weighted by Crippen LogP contribution is 2.30. The van der Waals surface area contributed by atoms with Gasteiger partial charge >= 0.3 is 0 Å². The lowest BCUT2D eigenvalue weighted by Crippen LogP contribution is -2.50. The van der Waals surface area contributed by atoms with Crippen molar-refractivity contribution in [2.75, 3.05) is 31.6 Å². The zero-order valence-electron chi connectivity index (χ0n) is 19.6. The number of ether oxygens (including phenoxy) is 1. The molecular weight excluding hydrogens is 421 g/mol. The molecule has 4 rings (SSSR count). The number of amides is 1. The summed E-state index contributed by atoms with van der Waals surface area (Å²) < 4.78 is 19.7. The van der Waals surface area contributed by atoms with E-state index in [1.54, 1.807) is 26.2 Å². The number of rotatable bonds is 7. The fourth-order valence-corrected chi connectivity index (χ4v) is 5.11. The Morgan fingerprint density at radius 1 is 1.27 bits per heavy atom. The maximum Gasteiger partial charge on any atom is 0.256 e.